The number of hydrogen-bond donors (Lipinski definition) is 0. The quantitative estimate of drug-likeness (QED) is 0.445. The molecule has 1 heteroatoms. The zero-order chi connectivity index (χ0) is 9.31. The van der Waals surface area contributed by atoms with Crippen LogP contribution in [0.2, 0.25) is 0 Å². The minimum atomic E-state index is 0.00694. The van der Waals surface area contributed by atoms with E-state index in [4.69, 9.17) is 0 Å². The van der Waals surface area contributed by atoms with Crippen molar-refractivity contribution < 1.29 is 4.79 Å². The van der Waals surface area contributed by atoms with Crippen LogP contribution in [0.3, 0.4) is 0 Å². The highest BCUT2D eigenvalue weighted by Gasteiger charge is 2.44. The topological polar surface area (TPSA) is 17.1 Å². The molecule has 0 aliphatic heterocycles. The van der Waals surface area contributed by atoms with Gasteiger partial charge in [0.25, 0.3) is 0 Å². The van der Waals surface area contributed by atoms with Crippen molar-refractivity contribution in [3.05, 3.63) is 12.2 Å². The molecule has 72 valence electrons. The average Bonchev–Trinajstić information content (AvgIpc) is 2.19. The van der Waals surface area contributed by atoms with Gasteiger partial charge in [-0.15, -0.1) is 0 Å². The molecule has 0 aromatic heterocycles. The fourth-order valence-electron chi connectivity index (χ4n) is 3.12. The van der Waals surface area contributed by atoms with Gasteiger partial charge in [-0.2, -0.15) is 0 Å². The summed E-state index contributed by atoms with van der Waals surface area (Å²) < 4.78 is 0. The molecule has 0 bridgehead atoms. The number of carbonyl (C=O) groups excluding carboxylic acids is 1. The van der Waals surface area contributed by atoms with E-state index in [9.17, 15) is 4.79 Å². The molecule has 2 rings (SSSR count). The Morgan fingerprint density at radius 2 is 2.31 bits per heavy atom. The summed E-state index contributed by atoms with van der Waals surface area (Å²) in [6.07, 6.45) is 11.8. The number of carbonyl (C=O) groups is 1. The van der Waals surface area contributed by atoms with E-state index >= 15 is 0 Å². The number of hydrogen-bond acceptors (Lipinski definition) is 1. The summed E-state index contributed by atoms with van der Waals surface area (Å²) in [6, 6.07) is 0. The lowest BCUT2D eigenvalue weighted by Crippen LogP contribution is -2.41. The van der Waals surface area contributed by atoms with Crippen LogP contribution in [0, 0.1) is 17.3 Å². The van der Waals surface area contributed by atoms with Gasteiger partial charge in [0, 0.05) is 5.41 Å². The molecule has 0 N–H and O–H groups in total. The van der Waals surface area contributed by atoms with E-state index in [1.165, 1.54) is 25.5 Å². The van der Waals surface area contributed by atoms with E-state index in [0.29, 0.717) is 11.8 Å². The second-order valence-corrected chi connectivity index (χ2v) is 4.63. The van der Waals surface area contributed by atoms with Crippen LogP contribution in [0.15, 0.2) is 12.2 Å². The third-order valence-electron chi connectivity index (χ3n) is 4.08. The van der Waals surface area contributed by atoms with Gasteiger partial charge in [-0.1, -0.05) is 31.9 Å². The summed E-state index contributed by atoms with van der Waals surface area (Å²) >= 11 is 0. The van der Waals surface area contributed by atoms with Crippen LogP contribution < -0.4 is 0 Å². The molecule has 0 radical (unpaired) electrons. The maximum absolute atomic E-state index is 11.3. The van der Waals surface area contributed by atoms with Crippen LogP contribution in [0.25, 0.3) is 0 Å². The molecule has 0 spiro atoms. The van der Waals surface area contributed by atoms with Crippen molar-refractivity contribution in [1.82, 2.24) is 0 Å². The van der Waals surface area contributed by atoms with Gasteiger partial charge in [0.1, 0.15) is 6.29 Å². The lowest BCUT2D eigenvalue weighted by molar-refractivity contribution is -0.124. The fourth-order valence-corrected chi connectivity index (χ4v) is 3.12. The molecule has 2 aliphatic carbocycles. The third-order valence-corrected chi connectivity index (χ3v) is 4.08. The Morgan fingerprint density at radius 1 is 1.46 bits per heavy atom. The summed E-state index contributed by atoms with van der Waals surface area (Å²) in [5.74, 6) is 1.10. The molecule has 1 nitrogen and oxygen atoms in total. The van der Waals surface area contributed by atoms with E-state index in [1.807, 2.05) is 0 Å². The maximum atomic E-state index is 11.3. The van der Waals surface area contributed by atoms with Gasteiger partial charge in [-0.3, -0.25) is 0 Å². The second kappa shape index (κ2) is 3.28. The van der Waals surface area contributed by atoms with Crippen molar-refractivity contribution in [3.63, 3.8) is 0 Å². The summed E-state index contributed by atoms with van der Waals surface area (Å²) in [5.41, 5.74) is 0.00694. The molecule has 0 saturated heterocycles. The normalized spacial score (nSPS) is 44.1. The number of rotatable bonds is 1. The zero-order valence-corrected chi connectivity index (χ0v) is 8.33. The van der Waals surface area contributed by atoms with Crippen molar-refractivity contribution >= 4 is 6.29 Å². The van der Waals surface area contributed by atoms with Gasteiger partial charge in [0.15, 0.2) is 0 Å². The Bertz CT molecular complexity index is 231. The van der Waals surface area contributed by atoms with Crippen molar-refractivity contribution in [2.45, 2.75) is 39.0 Å². The monoisotopic (exact) mass is 178 g/mol. The standard InChI is InChI=1S/C12H18O/c1-10-5-4-7-11-6-2-3-8-12(10,11)9-13/h4-5,9-11H,2-3,6-8H2,1H3. The minimum absolute atomic E-state index is 0.00694. The summed E-state index contributed by atoms with van der Waals surface area (Å²) in [4.78, 5) is 11.3. The van der Waals surface area contributed by atoms with Crippen LogP contribution in [-0.2, 0) is 4.79 Å². The highest BCUT2D eigenvalue weighted by molar-refractivity contribution is 5.62. The van der Waals surface area contributed by atoms with E-state index in [-0.39, 0.29) is 5.41 Å². The smallest absolute Gasteiger partial charge is 0.127 e. The Labute approximate surface area is 80.2 Å². The van der Waals surface area contributed by atoms with Gasteiger partial charge < -0.3 is 4.79 Å². The summed E-state index contributed by atoms with van der Waals surface area (Å²) in [5, 5.41) is 0. The molecule has 0 heterocycles. The molecule has 0 amide bonds. The van der Waals surface area contributed by atoms with Crippen molar-refractivity contribution in [3.8, 4) is 0 Å². The molecule has 1 saturated carbocycles. The maximum Gasteiger partial charge on any atom is 0.127 e. The van der Waals surface area contributed by atoms with Crippen molar-refractivity contribution in [1.29, 1.82) is 0 Å². The van der Waals surface area contributed by atoms with Gasteiger partial charge >= 0.3 is 0 Å². The van der Waals surface area contributed by atoms with E-state index < -0.39 is 0 Å². The van der Waals surface area contributed by atoms with E-state index in [1.54, 1.807) is 0 Å². The second-order valence-electron chi connectivity index (χ2n) is 4.63. The SMILES string of the molecule is CC1C=CCC2CCCCC12C=O. The molecule has 0 aromatic carbocycles. The number of aldehydes is 1. The van der Waals surface area contributed by atoms with Crippen LogP contribution in [0.4, 0.5) is 0 Å². The van der Waals surface area contributed by atoms with Gasteiger partial charge in [0.05, 0.1) is 0 Å². The van der Waals surface area contributed by atoms with Crippen molar-refractivity contribution in [2.75, 3.05) is 0 Å². The molecule has 1 fully saturated rings. The number of fused-ring (bicyclic) bond motifs is 1. The van der Waals surface area contributed by atoms with E-state index in [0.717, 1.165) is 12.8 Å². The largest absolute Gasteiger partial charge is 0.303 e. The molecule has 3 unspecified atom stereocenters. The molecule has 3 atom stereocenters. The van der Waals surface area contributed by atoms with Gasteiger partial charge in [-0.25, -0.2) is 0 Å². The fraction of sp³-hybridized carbons (Fsp3) is 0.750. The van der Waals surface area contributed by atoms with Crippen LogP contribution in [0.1, 0.15) is 39.0 Å². The Balaban J connectivity index is 2.30. The first-order chi connectivity index (χ1) is 6.29. The lowest BCUT2D eigenvalue weighted by atomic mass is 9.58. The first-order valence-corrected chi connectivity index (χ1v) is 5.42. The Morgan fingerprint density at radius 3 is 3.00 bits per heavy atom. The first kappa shape index (κ1) is 8.98. The highest BCUT2D eigenvalue weighted by atomic mass is 16.1. The van der Waals surface area contributed by atoms with E-state index in [2.05, 4.69) is 19.1 Å². The summed E-state index contributed by atoms with van der Waals surface area (Å²) in [6.45, 7) is 2.20. The average molecular weight is 178 g/mol. The molecule has 0 aromatic rings. The van der Waals surface area contributed by atoms with Gasteiger partial charge in [-0.05, 0) is 31.1 Å². The predicted octanol–water partition coefficient (Wildman–Crippen LogP) is 2.96. The zero-order valence-electron chi connectivity index (χ0n) is 8.33. The van der Waals surface area contributed by atoms with Crippen molar-refractivity contribution in [2.24, 2.45) is 17.3 Å². The van der Waals surface area contributed by atoms with Gasteiger partial charge in [0.2, 0.25) is 0 Å². The molecule has 2 aliphatic rings. The predicted molar refractivity (Wildman–Crippen MR) is 53.4 cm³/mol. The molecular weight excluding hydrogens is 160 g/mol. The Hall–Kier alpha value is -0.590. The lowest BCUT2D eigenvalue weighted by Gasteiger charge is -2.45. The number of allylic oxidation sites excluding steroid dienone is 2. The van der Waals surface area contributed by atoms with Crippen LogP contribution in [0.5, 0.6) is 0 Å². The van der Waals surface area contributed by atoms with Crippen LogP contribution in [-0.4, -0.2) is 6.29 Å². The van der Waals surface area contributed by atoms with Crippen LogP contribution >= 0.6 is 0 Å². The third kappa shape index (κ3) is 1.25. The Kier molecular flexibility index (Phi) is 2.27. The minimum Gasteiger partial charge on any atom is -0.303 e. The highest BCUT2D eigenvalue weighted by Crippen LogP contribution is 2.49. The molecular formula is C12H18O. The summed E-state index contributed by atoms with van der Waals surface area (Å²) in [7, 11) is 0. The first-order valence-electron chi connectivity index (χ1n) is 5.42. The molecule has 13 heavy (non-hydrogen) atoms.